The summed E-state index contributed by atoms with van der Waals surface area (Å²) in [4.78, 5) is 18.5. The number of aryl methyl sites for hydroxylation is 1. The predicted molar refractivity (Wildman–Crippen MR) is 82.3 cm³/mol. The van der Waals surface area contributed by atoms with E-state index in [0.717, 1.165) is 5.69 Å². The molecule has 1 amide bonds. The smallest absolute Gasteiger partial charge is 0.258 e. The first-order valence-electron chi connectivity index (χ1n) is 6.68. The van der Waals surface area contributed by atoms with E-state index in [9.17, 15) is 4.79 Å². The van der Waals surface area contributed by atoms with Crippen molar-refractivity contribution in [2.24, 2.45) is 0 Å². The molecule has 0 saturated heterocycles. The lowest BCUT2D eigenvalue weighted by Gasteiger charge is -2.21. The average molecular weight is 269 g/mol. The van der Waals surface area contributed by atoms with Gasteiger partial charge in [-0.1, -0.05) is 17.7 Å². The Morgan fingerprint density at radius 2 is 1.95 bits per heavy atom. The van der Waals surface area contributed by atoms with Crippen molar-refractivity contribution in [2.75, 3.05) is 23.8 Å². The van der Waals surface area contributed by atoms with E-state index >= 15 is 0 Å². The number of carbonyl (C=O) groups excluding carboxylic acids is 1. The second-order valence-corrected chi connectivity index (χ2v) is 4.56. The van der Waals surface area contributed by atoms with Crippen molar-refractivity contribution >= 4 is 17.4 Å². The first-order chi connectivity index (χ1) is 9.65. The Morgan fingerprint density at radius 3 is 2.55 bits per heavy atom. The van der Waals surface area contributed by atoms with Crippen molar-refractivity contribution in [1.29, 1.82) is 0 Å². The van der Waals surface area contributed by atoms with Crippen LogP contribution < -0.4 is 10.2 Å². The topological polar surface area (TPSA) is 45.2 Å². The molecule has 0 radical (unpaired) electrons. The highest BCUT2D eigenvalue weighted by Crippen LogP contribution is 2.18. The summed E-state index contributed by atoms with van der Waals surface area (Å²) in [6.45, 7) is 4.63. The highest BCUT2D eigenvalue weighted by atomic mass is 16.2. The summed E-state index contributed by atoms with van der Waals surface area (Å²) in [5.41, 5.74) is 2.72. The predicted octanol–water partition coefficient (Wildman–Crippen LogP) is 3.10. The molecule has 4 nitrogen and oxygen atoms in total. The second-order valence-electron chi connectivity index (χ2n) is 4.56. The number of carbonyl (C=O) groups is 1. The minimum absolute atomic E-state index is 0.0183. The molecule has 20 heavy (non-hydrogen) atoms. The molecular weight excluding hydrogens is 250 g/mol. The van der Waals surface area contributed by atoms with Crippen molar-refractivity contribution in [3.05, 3.63) is 53.7 Å². The Balaban J connectivity index is 2.31. The Labute approximate surface area is 119 Å². The summed E-state index contributed by atoms with van der Waals surface area (Å²) < 4.78 is 0. The number of amides is 1. The SMILES string of the molecule is CCN(C(=O)c1ccnc(NC)c1)c1ccc(C)cc1. The Morgan fingerprint density at radius 1 is 1.25 bits per heavy atom. The van der Waals surface area contributed by atoms with E-state index in [2.05, 4.69) is 10.3 Å². The maximum absolute atomic E-state index is 12.6. The van der Waals surface area contributed by atoms with Crippen LogP contribution in [0.25, 0.3) is 0 Å². The number of pyridine rings is 1. The van der Waals surface area contributed by atoms with Crippen LogP contribution in [-0.2, 0) is 0 Å². The molecule has 4 heteroatoms. The van der Waals surface area contributed by atoms with Gasteiger partial charge in [0.25, 0.3) is 5.91 Å². The number of anilines is 2. The molecule has 0 atom stereocenters. The van der Waals surface area contributed by atoms with E-state index in [0.29, 0.717) is 17.9 Å². The maximum Gasteiger partial charge on any atom is 0.258 e. The minimum atomic E-state index is -0.0183. The molecule has 0 bridgehead atoms. The lowest BCUT2D eigenvalue weighted by Crippen LogP contribution is -2.30. The van der Waals surface area contributed by atoms with Crippen molar-refractivity contribution in [3.63, 3.8) is 0 Å². The van der Waals surface area contributed by atoms with Crippen LogP contribution in [0, 0.1) is 6.92 Å². The third-order valence-corrected chi connectivity index (χ3v) is 3.17. The fourth-order valence-electron chi connectivity index (χ4n) is 2.02. The van der Waals surface area contributed by atoms with Crippen LogP contribution in [0.2, 0.25) is 0 Å². The van der Waals surface area contributed by atoms with Crippen LogP contribution in [0.1, 0.15) is 22.8 Å². The molecule has 0 unspecified atom stereocenters. The summed E-state index contributed by atoms with van der Waals surface area (Å²) in [6.07, 6.45) is 1.64. The first kappa shape index (κ1) is 14.1. The molecule has 0 saturated carbocycles. The monoisotopic (exact) mass is 269 g/mol. The molecule has 2 aromatic rings. The summed E-state index contributed by atoms with van der Waals surface area (Å²) in [7, 11) is 1.79. The number of nitrogens with zero attached hydrogens (tertiary/aromatic N) is 2. The highest BCUT2D eigenvalue weighted by molar-refractivity contribution is 6.06. The summed E-state index contributed by atoms with van der Waals surface area (Å²) in [6, 6.07) is 11.5. The van der Waals surface area contributed by atoms with E-state index < -0.39 is 0 Å². The van der Waals surface area contributed by atoms with Gasteiger partial charge in [0.1, 0.15) is 5.82 Å². The van der Waals surface area contributed by atoms with Crippen molar-refractivity contribution < 1.29 is 4.79 Å². The zero-order valence-corrected chi connectivity index (χ0v) is 12.1. The molecule has 0 aliphatic rings. The molecule has 1 aromatic carbocycles. The molecule has 0 fully saturated rings. The van der Waals surface area contributed by atoms with Crippen molar-refractivity contribution in [1.82, 2.24) is 4.98 Å². The lowest BCUT2D eigenvalue weighted by atomic mass is 10.1. The zero-order chi connectivity index (χ0) is 14.5. The van der Waals surface area contributed by atoms with Gasteiger partial charge >= 0.3 is 0 Å². The minimum Gasteiger partial charge on any atom is -0.373 e. The quantitative estimate of drug-likeness (QED) is 0.927. The van der Waals surface area contributed by atoms with Crippen LogP contribution in [0.15, 0.2) is 42.6 Å². The second kappa shape index (κ2) is 6.19. The number of hydrogen-bond acceptors (Lipinski definition) is 3. The first-order valence-corrected chi connectivity index (χ1v) is 6.68. The van der Waals surface area contributed by atoms with E-state index in [4.69, 9.17) is 0 Å². The Hall–Kier alpha value is -2.36. The van der Waals surface area contributed by atoms with Crippen LogP contribution in [0.4, 0.5) is 11.5 Å². The molecule has 1 heterocycles. The van der Waals surface area contributed by atoms with Gasteiger partial charge in [-0.05, 0) is 38.1 Å². The molecule has 1 aromatic heterocycles. The van der Waals surface area contributed by atoms with E-state index in [1.54, 1.807) is 30.3 Å². The van der Waals surface area contributed by atoms with E-state index in [1.807, 2.05) is 38.1 Å². The van der Waals surface area contributed by atoms with E-state index in [1.165, 1.54) is 5.56 Å². The van der Waals surface area contributed by atoms with Crippen LogP contribution in [0.3, 0.4) is 0 Å². The fourth-order valence-corrected chi connectivity index (χ4v) is 2.02. The number of nitrogens with one attached hydrogen (secondary N) is 1. The molecule has 2 rings (SSSR count). The van der Waals surface area contributed by atoms with Gasteiger partial charge in [0.15, 0.2) is 0 Å². The van der Waals surface area contributed by atoms with Gasteiger partial charge in [-0.15, -0.1) is 0 Å². The molecule has 104 valence electrons. The Bertz CT molecular complexity index is 593. The average Bonchev–Trinajstić information content (AvgIpc) is 2.50. The van der Waals surface area contributed by atoms with Gasteiger partial charge in [0.2, 0.25) is 0 Å². The number of rotatable bonds is 4. The largest absolute Gasteiger partial charge is 0.373 e. The molecule has 0 aliphatic heterocycles. The van der Waals surface area contributed by atoms with Crippen LogP contribution in [0.5, 0.6) is 0 Å². The van der Waals surface area contributed by atoms with Gasteiger partial charge < -0.3 is 10.2 Å². The van der Waals surface area contributed by atoms with Crippen LogP contribution >= 0.6 is 0 Å². The molecule has 0 spiro atoms. The third kappa shape index (κ3) is 2.96. The molecular formula is C16H19N3O. The van der Waals surface area contributed by atoms with Gasteiger partial charge in [-0.25, -0.2) is 4.98 Å². The fraction of sp³-hybridized carbons (Fsp3) is 0.250. The number of benzene rings is 1. The van der Waals surface area contributed by atoms with Crippen molar-refractivity contribution in [2.45, 2.75) is 13.8 Å². The zero-order valence-electron chi connectivity index (χ0n) is 12.1. The van der Waals surface area contributed by atoms with Gasteiger partial charge in [-0.2, -0.15) is 0 Å². The van der Waals surface area contributed by atoms with Gasteiger partial charge in [0.05, 0.1) is 0 Å². The van der Waals surface area contributed by atoms with Gasteiger partial charge in [0, 0.05) is 31.0 Å². The Kier molecular flexibility index (Phi) is 4.35. The molecule has 0 aliphatic carbocycles. The highest BCUT2D eigenvalue weighted by Gasteiger charge is 2.16. The standard InChI is InChI=1S/C16H19N3O/c1-4-19(14-7-5-12(2)6-8-14)16(20)13-9-10-18-15(11-13)17-3/h5-11H,4H2,1-3H3,(H,17,18). The van der Waals surface area contributed by atoms with Crippen LogP contribution in [-0.4, -0.2) is 24.5 Å². The number of hydrogen-bond donors (Lipinski definition) is 1. The maximum atomic E-state index is 12.6. The van der Waals surface area contributed by atoms with E-state index in [-0.39, 0.29) is 5.91 Å². The normalized spacial score (nSPS) is 10.2. The lowest BCUT2D eigenvalue weighted by molar-refractivity contribution is 0.0988. The third-order valence-electron chi connectivity index (χ3n) is 3.17. The van der Waals surface area contributed by atoms with Gasteiger partial charge in [-0.3, -0.25) is 4.79 Å². The van der Waals surface area contributed by atoms with Crippen molar-refractivity contribution in [3.8, 4) is 0 Å². The number of aromatic nitrogens is 1. The molecule has 1 N–H and O–H groups in total. The summed E-state index contributed by atoms with van der Waals surface area (Å²) >= 11 is 0. The summed E-state index contributed by atoms with van der Waals surface area (Å²) in [5, 5.41) is 2.94. The summed E-state index contributed by atoms with van der Waals surface area (Å²) in [5.74, 6) is 0.672.